The Bertz CT molecular complexity index is 462. The molecule has 1 unspecified atom stereocenters. The van der Waals surface area contributed by atoms with Crippen molar-refractivity contribution in [2.24, 2.45) is 0 Å². The van der Waals surface area contributed by atoms with Gasteiger partial charge >= 0.3 is 0 Å². The van der Waals surface area contributed by atoms with E-state index in [0.717, 1.165) is 5.56 Å². The van der Waals surface area contributed by atoms with Crippen molar-refractivity contribution < 1.29 is 13.9 Å². The maximum Gasteiger partial charge on any atom is 0.243 e. The zero-order valence-electron chi connectivity index (χ0n) is 9.93. The molecule has 1 aromatic rings. The van der Waals surface area contributed by atoms with Crippen molar-refractivity contribution in [1.29, 1.82) is 0 Å². The van der Waals surface area contributed by atoms with Gasteiger partial charge in [0.2, 0.25) is 5.91 Å². The summed E-state index contributed by atoms with van der Waals surface area (Å²) in [4.78, 5) is 11.9. The Balaban J connectivity index is 2.08. The number of hydrogen-bond donors (Lipinski definition) is 2. The van der Waals surface area contributed by atoms with Gasteiger partial charge in [-0.3, -0.25) is 4.79 Å². The van der Waals surface area contributed by atoms with Crippen molar-refractivity contribution in [3.63, 3.8) is 0 Å². The zero-order valence-corrected chi connectivity index (χ0v) is 11.5. The Morgan fingerprint density at radius 3 is 3.06 bits per heavy atom. The summed E-state index contributed by atoms with van der Waals surface area (Å²) >= 11 is 3.10. The van der Waals surface area contributed by atoms with E-state index in [1.165, 1.54) is 6.07 Å². The fourth-order valence-electron chi connectivity index (χ4n) is 1.73. The molecule has 2 N–H and O–H groups in total. The third-order valence-electron chi connectivity index (χ3n) is 2.76. The van der Waals surface area contributed by atoms with Gasteiger partial charge < -0.3 is 15.4 Å². The van der Waals surface area contributed by atoms with Gasteiger partial charge in [0, 0.05) is 12.2 Å². The number of ether oxygens (including phenoxy) is 1. The number of morpholine rings is 1. The van der Waals surface area contributed by atoms with Gasteiger partial charge in [0.25, 0.3) is 0 Å². The molecule has 98 valence electrons. The minimum Gasteiger partial charge on any atom is -0.378 e. The van der Waals surface area contributed by atoms with Crippen LogP contribution < -0.4 is 10.6 Å². The van der Waals surface area contributed by atoms with E-state index in [4.69, 9.17) is 4.74 Å². The normalized spacial score (nSPS) is 19.6. The Hall–Kier alpha value is -0.980. The van der Waals surface area contributed by atoms with Gasteiger partial charge in [0.05, 0.1) is 17.7 Å². The van der Waals surface area contributed by atoms with Gasteiger partial charge in [0.15, 0.2) is 0 Å². The summed E-state index contributed by atoms with van der Waals surface area (Å²) < 4.78 is 19.0. The van der Waals surface area contributed by atoms with Crippen LogP contribution in [0.15, 0.2) is 16.6 Å². The van der Waals surface area contributed by atoms with E-state index in [1.807, 2.05) is 6.92 Å². The van der Waals surface area contributed by atoms with Crippen LogP contribution in [0.1, 0.15) is 5.56 Å². The van der Waals surface area contributed by atoms with Crippen molar-refractivity contribution in [3.05, 3.63) is 28.0 Å². The summed E-state index contributed by atoms with van der Waals surface area (Å²) in [6, 6.07) is 2.56. The molecule has 0 aliphatic carbocycles. The molecule has 0 saturated carbocycles. The number of hydrogen-bond acceptors (Lipinski definition) is 3. The molecule has 0 bridgehead atoms. The molecule has 1 heterocycles. The minimum atomic E-state index is -0.399. The largest absolute Gasteiger partial charge is 0.378 e. The molecule has 0 aromatic heterocycles. The molecular weight excluding hydrogens is 303 g/mol. The average Bonchev–Trinajstić information content (AvgIpc) is 2.37. The summed E-state index contributed by atoms with van der Waals surface area (Å²) in [6.45, 7) is 3.40. The van der Waals surface area contributed by atoms with Crippen molar-refractivity contribution in [2.45, 2.75) is 13.0 Å². The number of amides is 1. The smallest absolute Gasteiger partial charge is 0.243 e. The van der Waals surface area contributed by atoms with Crippen molar-refractivity contribution in [1.82, 2.24) is 5.32 Å². The van der Waals surface area contributed by atoms with E-state index >= 15 is 0 Å². The summed E-state index contributed by atoms with van der Waals surface area (Å²) in [6.07, 6.45) is 0. The Morgan fingerprint density at radius 2 is 2.39 bits per heavy atom. The van der Waals surface area contributed by atoms with Crippen LogP contribution >= 0.6 is 15.9 Å². The zero-order chi connectivity index (χ0) is 13.1. The molecule has 2 rings (SSSR count). The van der Waals surface area contributed by atoms with Crippen LogP contribution in [-0.4, -0.2) is 31.7 Å². The van der Waals surface area contributed by atoms with Crippen LogP contribution in [0.25, 0.3) is 0 Å². The molecule has 4 nitrogen and oxygen atoms in total. The number of rotatable bonds is 2. The first-order valence-corrected chi connectivity index (χ1v) is 6.45. The number of carbonyl (C=O) groups is 1. The van der Waals surface area contributed by atoms with Gasteiger partial charge in [-0.25, -0.2) is 4.39 Å². The second kappa shape index (κ2) is 5.77. The fourth-order valence-corrected chi connectivity index (χ4v) is 2.19. The molecule has 1 atom stereocenters. The molecule has 18 heavy (non-hydrogen) atoms. The molecule has 1 saturated heterocycles. The van der Waals surface area contributed by atoms with Crippen molar-refractivity contribution in [3.8, 4) is 0 Å². The van der Waals surface area contributed by atoms with Gasteiger partial charge in [0.1, 0.15) is 11.9 Å². The van der Waals surface area contributed by atoms with Crippen LogP contribution in [0.2, 0.25) is 0 Å². The number of aryl methyl sites for hydroxylation is 1. The third kappa shape index (κ3) is 3.07. The van der Waals surface area contributed by atoms with Gasteiger partial charge in [-0.05, 0) is 40.5 Å². The molecule has 0 spiro atoms. The standard InChI is InChI=1S/C12H14BrFN2O2/c1-7-4-8(13)9(14)5-10(7)16-12(17)11-6-18-3-2-15-11/h4-5,11,15H,2-3,6H2,1H3,(H,16,17). The van der Waals surface area contributed by atoms with E-state index in [-0.39, 0.29) is 11.9 Å². The minimum absolute atomic E-state index is 0.209. The Morgan fingerprint density at radius 1 is 1.61 bits per heavy atom. The lowest BCUT2D eigenvalue weighted by molar-refractivity contribution is -0.120. The third-order valence-corrected chi connectivity index (χ3v) is 3.37. The SMILES string of the molecule is Cc1cc(Br)c(F)cc1NC(=O)C1COCCN1. The van der Waals surface area contributed by atoms with Gasteiger partial charge in [-0.15, -0.1) is 0 Å². The highest BCUT2D eigenvalue weighted by atomic mass is 79.9. The van der Waals surface area contributed by atoms with E-state index in [2.05, 4.69) is 26.6 Å². The first-order valence-electron chi connectivity index (χ1n) is 5.65. The Kier molecular flexibility index (Phi) is 4.31. The van der Waals surface area contributed by atoms with Crippen LogP contribution in [0.5, 0.6) is 0 Å². The van der Waals surface area contributed by atoms with Gasteiger partial charge in [-0.2, -0.15) is 0 Å². The summed E-state index contributed by atoms with van der Waals surface area (Å²) in [7, 11) is 0. The van der Waals surface area contributed by atoms with Crippen LogP contribution in [0.4, 0.5) is 10.1 Å². The quantitative estimate of drug-likeness (QED) is 0.875. The number of anilines is 1. The van der Waals surface area contributed by atoms with Gasteiger partial charge in [-0.1, -0.05) is 0 Å². The summed E-state index contributed by atoms with van der Waals surface area (Å²) in [5.41, 5.74) is 1.28. The monoisotopic (exact) mass is 316 g/mol. The number of halogens is 2. The lowest BCUT2D eigenvalue weighted by Crippen LogP contribution is -2.48. The maximum absolute atomic E-state index is 13.4. The second-order valence-corrected chi connectivity index (χ2v) is 5.01. The molecule has 1 aliphatic rings. The molecule has 0 radical (unpaired) electrons. The predicted octanol–water partition coefficient (Wildman–Crippen LogP) is 1.82. The first-order chi connectivity index (χ1) is 8.58. The van der Waals surface area contributed by atoms with Crippen molar-refractivity contribution >= 4 is 27.5 Å². The van der Waals surface area contributed by atoms with E-state index in [9.17, 15) is 9.18 Å². The molecule has 1 fully saturated rings. The summed E-state index contributed by atoms with van der Waals surface area (Å²) in [5, 5.41) is 5.75. The van der Waals surface area contributed by atoms with Crippen LogP contribution in [0.3, 0.4) is 0 Å². The molecule has 1 aliphatic heterocycles. The maximum atomic E-state index is 13.4. The molecular formula is C12H14BrFN2O2. The number of nitrogens with one attached hydrogen (secondary N) is 2. The van der Waals surface area contributed by atoms with Crippen molar-refractivity contribution in [2.75, 3.05) is 25.1 Å². The van der Waals surface area contributed by atoms with E-state index in [0.29, 0.717) is 29.9 Å². The highest BCUT2D eigenvalue weighted by Gasteiger charge is 2.21. The predicted molar refractivity (Wildman–Crippen MR) is 70.1 cm³/mol. The highest BCUT2D eigenvalue weighted by Crippen LogP contribution is 2.24. The van der Waals surface area contributed by atoms with E-state index < -0.39 is 5.82 Å². The van der Waals surface area contributed by atoms with Crippen LogP contribution in [-0.2, 0) is 9.53 Å². The first kappa shape index (κ1) is 13.5. The summed E-state index contributed by atoms with van der Waals surface area (Å²) in [5.74, 6) is -0.608. The average molecular weight is 317 g/mol. The fraction of sp³-hybridized carbons (Fsp3) is 0.417. The number of benzene rings is 1. The lowest BCUT2D eigenvalue weighted by Gasteiger charge is -2.23. The molecule has 1 aromatic carbocycles. The topological polar surface area (TPSA) is 50.4 Å². The molecule has 6 heteroatoms. The second-order valence-electron chi connectivity index (χ2n) is 4.15. The number of carbonyl (C=O) groups excluding carboxylic acids is 1. The molecule has 1 amide bonds. The highest BCUT2D eigenvalue weighted by molar-refractivity contribution is 9.10. The van der Waals surface area contributed by atoms with Crippen LogP contribution in [0, 0.1) is 12.7 Å². The van der Waals surface area contributed by atoms with E-state index in [1.54, 1.807) is 6.07 Å². The lowest BCUT2D eigenvalue weighted by atomic mass is 10.2. The Labute approximate surface area is 113 Å².